The minimum Gasteiger partial charge on any atom is -0.355 e. The first-order valence-electron chi connectivity index (χ1n) is 8.26. The van der Waals surface area contributed by atoms with Crippen LogP contribution in [0.3, 0.4) is 0 Å². The molecule has 1 aromatic carbocycles. The first-order valence-corrected chi connectivity index (χ1v) is 8.26. The number of pyridine rings is 1. The monoisotopic (exact) mass is 379 g/mol. The maximum absolute atomic E-state index is 12.8. The van der Waals surface area contributed by atoms with Crippen molar-refractivity contribution in [2.24, 2.45) is 0 Å². The zero-order valence-corrected chi connectivity index (χ0v) is 14.5. The van der Waals surface area contributed by atoms with Crippen LogP contribution in [0, 0.1) is 0 Å². The van der Waals surface area contributed by atoms with Crippen LogP contribution in [-0.2, 0) is 19.1 Å². The number of nitrogens with zero attached hydrogens (tertiary/aromatic N) is 2. The highest BCUT2D eigenvalue weighted by atomic mass is 19.4. The first kappa shape index (κ1) is 18.9. The van der Waals surface area contributed by atoms with E-state index in [1.807, 2.05) is 0 Å². The Labute approximate surface area is 152 Å². The van der Waals surface area contributed by atoms with E-state index in [9.17, 15) is 22.4 Å². The van der Waals surface area contributed by atoms with Crippen molar-refractivity contribution in [1.29, 1.82) is 0 Å². The van der Waals surface area contributed by atoms with Crippen LogP contribution in [0.1, 0.15) is 27.0 Å². The van der Waals surface area contributed by atoms with Gasteiger partial charge in [0.2, 0.25) is 0 Å². The average Bonchev–Trinajstić information content (AvgIpc) is 3.01. The Morgan fingerprint density at radius 3 is 2.48 bits per heavy atom. The molecule has 0 aliphatic carbocycles. The quantitative estimate of drug-likeness (QED) is 0.682. The lowest BCUT2D eigenvalue weighted by molar-refractivity contribution is -0.137. The number of fused-ring (bicyclic) bond motifs is 1. The molecule has 142 valence electrons. The zero-order valence-electron chi connectivity index (χ0n) is 14.5. The molecule has 2 aromatic heterocycles. The van der Waals surface area contributed by atoms with Gasteiger partial charge in [0.1, 0.15) is 12.3 Å². The van der Waals surface area contributed by atoms with Gasteiger partial charge in [-0.2, -0.15) is 13.2 Å². The second-order valence-corrected chi connectivity index (χ2v) is 6.04. The molecule has 27 heavy (non-hydrogen) atoms. The summed E-state index contributed by atoms with van der Waals surface area (Å²) in [5.41, 5.74) is 1.51. The predicted molar refractivity (Wildman–Crippen MR) is 93.3 cm³/mol. The second-order valence-electron chi connectivity index (χ2n) is 6.04. The predicted octanol–water partition coefficient (Wildman–Crippen LogP) is 3.98. The number of aryl methyl sites for hydroxylation is 1. The molecule has 0 atom stereocenters. The van der Waals surface area contributed by atoms with Gasteiger partial charge in [-0.1, -0.05) is 12.1 Å². The molecule has 2 heterocycles. The Bertz CT molecular complexity index is 961. The number of alkyl halides is 4. The molecule has 0 aliphatic heterocycles. The number of hydrogen-bond acceptors (Lipinski definition) is 2. The Hall–Kier alpha value is -2.90. The van der Waals surface area contributed by atoms with Crippen LogP contribution in [-0.4, -0.2) is 29.2 Å². The van der Waals surface area contributed by atoms with Crippen LogP contribution < -0.4 is 5.32 Å². The second kappa shape index (κ2) is 7.38. The van der Waals surface area contributed by atoms with E-state index >= 15 is 0 Å². The number of nitrogens with one attached hydrogen (secondary N) is 1. The Morgan fingerprint density at radius 1 is 1.19 bits per heavy atom. The molecule has 0 radical (unpaired) electrons. The topological polar surface area (TPSA) is 46.9 Å². The van der Waals surface area contributed by atoms with Crippen molar-refractivity contribution in [3.05, 3.63) is 65.0 Å². The molecule has 0 unspecified atom stereocenters. The highest BCUT2D eigenvalue weighted by molar-refractivity contribution is 6.07. The third-order valence-electron chi connectivity index (χ3n) is 4.32. The summed E-state index contributed by atoms with van der Waals surface area (Å²) in [6.07, 6.45) is -0.977. The van der Waals surface area contributed by atoms with Crippen LogP contribution in [0.2, 0.25) is 0 Å². The van der Waals surface area contributed by atoms with Crippen LogP contribution in [0.5, 0.6) is 0 Å². The van der Waals surface area contributed by atoms with Crippen LogP contribution in [0.15, 0.2) is 42.7 Å². The van der Waals surface area contributed by atoms with E-state index in [1.54, 1.807) is 23.0 Å². The Kier molecular flexibility index (Phi) is 5.16. The van der Waals surface area contributed by atoms with Crippen LogP contribution >= 0.6 is 0 Å². The number of carbonyl (C=O) groups excluding carboxylic acids is 1. The summed E-state index contributed by atoms with van der Waals surface area (Å²) in [6, 6.07) is 6.59. The van der Waals surface area contributed by atoms with Gasteiger partial charge in [0.25, 0.3) is 5.91 Å². The lowest BCUT2D eigenvalue weighted by Crippen LogP contribution is -2.17. The Balaban J connectivity index is 2.05. The van der Waals surface area contributed by atoms with Gasteiger partial charge in [-0.05, 0) is 35.7 Å². The van der Waals surface area contributed by atoms with Crippen LogP contribution in [0.4, 0.5) is 17.6 Å². The highest BCUT2D eigenvalue weighted by Gasteiger charge is 2.30. The summed E-state index contributed by atoms with van der Waals surface area (Å²) in [6.45, 7) is -0.550. The molecule has 0 fully saturated rings. The third-order valence-corrected chi connectivity index (χ3v) is 4.32. The van der Waals surface area contributed by atoms with Crippen molar-refractivity contribution in [1.82, 2.24) is 14.9 Å². The number of halogens is 4. The summed E-state index contributed by atoms with van der Waals surface area (Å²) < 4.78 is 52.6. The molecule has 3 aromatic rings. The van der Waals surface area contributed by atoms with Crippen molar-refractivity contribution in [2.45, 2.75) is 19.1 Å². The van der Waals surface area contributed by atoms with Crippen molar-refractivity contribution in [2.75, 3.05) is 13.7 Å². The summed E-state index contributed by atoms with van der Waals surface area (Å²) >= 11 is 0. The van der Waals surface area contributed by atoms with Gasteiger partial charge in [-0.15, -0.1) is 0 Å². The molecule has 0 spiro atoms. The lowest BCUT2D eigenvalue weighted by atomic mass is 10.00. The lowest BCUT2D eigenvalue weighted by Gasteiger charge is -2.09. The molecule has 1 amide bonds. The van der Waals surface area contributed by atoms with E-state index in [1.165, 1.54) is 19.2 Å². The number of carbonyl (C=O) groups is 1. The van der Waals surface area contributed by atoms with Gasteiger partial charge < -0.3 is 9.88 Å². The van der Waals surface area contributed by atoms with Gasteiger partial charge in [-0.3, -0.25) is 4.79 Å². The number of amides is 1. The molecule has 4 nitrogen and oxygen atoms in total. The third kappa shape index (κ3) is 3.79. The van der Waals surface area contributed by atoms with Crippen molar-refractivity contribution >= 4 is 16.9 Å². The van der Waals surface area contributed by atoms with Gasteiger partial charge in [-0.25, -0.2) is 9.37 Å². The highest BCUT2D eigenvalue weighted by Crippen LogP contribution is 2.30. The van der Waals surface area contributed by atoms with E-state index < -0.39 is 18.4 Å². The minimum absolute atomic E-state index is 0.0597. The summed E-state index contributed by atoms with van der Waals surface area (Å²) in [5, 5.41) is 3.12. The molecular formula is C19H17F4N3O. The van der Waals surface area contributed by atoms with Gasteiger partial charge in [0.05, 0.1) is 17.7 Å². The number of hydrogen-bond donors (Lipinski definition) is 1. The van der Waals surface area contributed by atoms with E-state index in [0.717, 1.165) is 17.7 Å². The molecule has 0 saturated heterocycles. The maximum Gasteiger partial charge on any atom is 0.416 e. The number of aromatic nitrogens is 2. The summed E-state index contributed by atoms with van der Waals surface area (Å²) in [5.74, 6) is -0.334. The van der Waals surface area contributed by atoms with E-state index in [4.69, 9.17) is 0 Å². The molecule has 1 N–H and O–H groups in total. The number of benzene rings is 1. The number of rotatable bonds is 5. The average molecular weight is 379 g/mol. The maximum atomic E-state index is 12.8. The first-order chi connectivity index (χ1) is 12.8. The van der Waals surface area contributed by atoms with Gasteiger partial charge >= 0.3 is 6.18 Å². The molecule has 0 saturated carbocycles. The summed E-state index contributed by atoms with van der Waals surface area (Å²) in [7, 11) is 1.49. The van der Waals surface area contributed by atoms with Gasteiger partial charge in [0.15, 0.2) is 0 Å². The molecule has 0 bridgehead atoms. The molecular weight excluding hydrogens is 362 g/mol. The van der Waals surface area contributed by atoms with Crippen molar-refractivity contribution < 1.29 is 22.4 Å². The fraction of sp³-hybridized carbons (Fsp3) is 0.263. The normalized spacial score (nSPS) is 11.7. The smallest absolute Gasteiger partial charge is 0.355 e. The summed E-state index contributed by atoms with van der Waals surface area (Å²) in [4.78, 5) is 16.5. The fourth-order valence-electron chi connectivity index (χ4n) is 3.03. The minimum atomic E-state index is -4.39. The van der Waals surface area contributed by atoms with E-state index in [-0.39, 0.29) is 12.5 Å². The SMILES string of the molecule is CNC(=O)c1cn(CCF)c2nccc(Cc3ccc(C(F)(F)F)cc3)c12. The van der Waals surface area contributed by atoms with Crippen molar-refractivity contribution in [3.63, 3.8) is 0 Å². The fourth-order valence-corrected chi connectivity index (χ4v) is 3.03. The molecule has 3 rings (SSSR count). The van der Waals surface area contributed by atoms with Crippen molar-refractivity contribution in [3.8, 4) is 0 Å². The molecule has 0 aliphatic rings. The largest absolute Gasteiger partial charge is 0.416 e. The van der Waals surface area contributed by atoms with E-state index in [2.05, 4.69) is 10.3 Å². The zero-order chi connectivity index (χ0) is 19.6. The standard InChI is InChI=1S/C19H17F4N3O/c1-24-18(27)15-11-26(9-7-20)17-16(15)13(6-8-25-17)10-12-2-4-14(5-3-12)19(21,22)23/h2-6,8,11H,7,9-10H2,1H3,(H,24,27). The molecule has 8 heteroatoms. The van der Waals surface area contributed by atoms with E-state index in [0.29, 0.717) is 28.6 Å². The van der Waals surface area contributed by atoms with Crippen LogP contribution in [0.25, 0.3) is 11.0 Å². The van der Waals surface area contributed by atoms with Gasteiger partial charge in [0, 0.05) is 24.8 Å². The Morgan fingerprint density at radius 2 is 1.89 bits per heavy atom.